The number of alkyl halides is 2. The van der Waals surface area contributed by atoms with Crippen LogP contribution in [-0.4, -0.2) is 47.8 Å². The van der Waals surface area contributed by atoms with E-state index in [9.17, 15) is 14.5 Å². The molecule has 0 bridgehead atoms. The maximum atomic E-state index is 12.3. The Labute approximate surface area is 144 Å². The molecule has 126 valence electrons. The van der Waals surface area contributed by atoms with Crippen LogP contribution in [0.1, 0.15) is 5.56 Å². The fourth-order valence-corrected chi connectivity index (χ4v) is 2.18. The van der Waals surface area contributed by atoms with E-state index in [0.717, 1.165) is 10.6 Å². The van der Waals surface area contributed by atoms with E-state index in [1.165, 1.54) is 0 Å². The largest absolute Gasteiger partial charge is 0.337 e. The van der Waals surface area contributed by atoms with E-state index in [1.54, 1.807) is 0 Å². The molecular weight excluding hydrogens is 343 g/mol. The van der Waals surface area contributed by atoms with Gasteiger partial charge in [0.2, 0.25) is 0 Å². The summed E-state index contributed by atoms with van der Waals surface area (Å²) >= 11 is 11.1. The summed E-state index contributed by atoms with van der Waals surface area (Å²) in [6.07, 6.45) is 0.220. The van der Waals surface area contributed by atoms with Gasteiger partial charge in [-0.2, -0.15) is 0 Å². The number of amides is 3. The van der Waals surface area contributed by atoms with Crippen molar-refractivity contribution >= 4 is 35.1 Å². The number of carbonyl (C=O) groups is 2. The predicted molar refractivity (Wildman–Crippen MR) is 89.4 cm³/mol. The number of rotatable bonds is 9. The van der Waals surface area contributed by atoms with Gasteiger partial charge in [0.15, 0.2) is 0 Å². The Hall–Kier alpha value is -1.86. The molecule has 0 fully saturated rings. The van der Waals surface area contributed by atoms with E-state index in [0.29, 0.717) is 0 Å². The molecular formula is C14H18Cl2N4O3. The smallest absolute Gasteiger partial charge is 0.321 e. The van der Waals surface area contributed by atoms with Crippen LogP contribution in [0.15, 0.2) is 35.6 Å². The zero-order valence-electron chi connectivity index (χ0n) is 12.4. The van der Waals surface area contributed by atoms with Crippen molar-refractivity contribution in [1.82, 2.24) is 15.6 Å². The average Bonchev–Trinajstić information content (AvgIpc) is 2.56. The Morgan fingerprint density at radius 1 is 1.17 bits per heavy atom. The van der Waals surface area contributed by atoms with E-state index in [2.05, 4.69) is 15.9 Å². The maximum Gasteiger partial charge on any atom is 0.321 e. The lowest BCUT2D eigenvalue weighted by Gasteiger charge is -2.24. The SMILES string of the molecule is O=NN(CCCl)C(Cc1ccccc1)C(=O)NC(=O)NCCCl. The number of urea groups is 1. The van der Waals surface area contributed by atoms with Crippen LogP contribution in [-0.2, 0) is 11.2 Å². The minimum Gasteiger partial charge on any atom is -0.337 e. The summed E-state index contributed by atoms with van der Waals surface area (Å²) in [5.74, 6) is -0.280. The van der Waals surface area contributed by atoms with Crippen LogP contribution in [0.4, 0.5) is 4.79 Å². The number of hydrogen-bond acceptors (Lipinski definition) is 4. The lowest BCUT2D eigenvalue weighted by atomic mass is 10.0. The number of benzene rings is 1. The molecule has 0 aliphatic rings. The fourth-order valence-electron chi connectivity index (χ4n) is 1.91. The Morgan fingerprint density at radius 3 is 2.43 bits per heavy atom. The second-order valence-electron chi connectivity index (χ2n) is 4.57. The monoisotopic (exact) mass is 360 g/mol. The number of nitrogens with zero attached hydrogens (tertiary/aromatic N) is 2. The van der Waals surface area contributed by atoms with Crippen LogP contribution < -0.4 is 10.6 Å². The van der Waals surface area contributed by atoms with Crippen LogP contribution in [0, 0.1) is 4.91 Å². The molecule has 1 unspecified atom stereocenters. The third kappa shape index (κ3) is 6.83. The summed E-state index contributed by atoms with van der Waals surface area (Å²) < 4.78 is 0. The summed E-state index contributed by atoms with van der Waals surface area (Å²) in [4.78, 5) is 34.9. The van der Waals surface area contributed by atoms with Gasteiger partial charge in [-0.3, -0.25) is 10.1 Å². The number of carbonyl (C=O) groups excluding carboxylic acids is 2. The molecule has 0 aromatic heterocycles. The second kappa shape index (κ2) is 10.8. The third-order valence-corrected chi connectivity index (χ3v) is 3.33. The van der Waals surface area contributed by atoms with Crippen molar-refractivity contribution in [2.75, 3.05) is 24.8 Å². The van der Waals surface area contributed by atoms with Gasteiger partial charge in [-0.25, -0.2) is 9.80 Å². The van der Waals surface area contributed by atoms with Gasteiger partial charge < -0.3 is 5.32 Å². The second-order valence-corrected chi connectivity index (χ2v) is 5.33. The normalized spacial score (nSPS) is 11.4. The Balaban J connectivity index is 2.82. The summed E-state index contributed by atoms with van der Waals surface area (Å²) in [5.41, 5.74) is 0.831. The Bertz CT molecular complexity index is 516. The highest BCUT2D eigenvalue weighted by molar-refractivity contribution is 6.18. The Kier molecular flexibility index (Phi) is 9.01. The summed E-state index contributed by atoms with van der Waals surface area (Å²) in [5, 5.41) is 8.47. The van der Waals surface area contributed by atoms with Crippen molar-refractivity contribution in [3.63, 3.8) is 0 Å². The van der Waals surface area contributed by atoms with Gasteiger partial charge in [0.25, 0.3) is 5.91 Å². The summed E-state index contributed by atoms with van der Waals surface area (Å²) in [6, 6.07) is 7.50. The average molecular weight is 361 g/mol. The summed E-state index contributed by atoms with van der Waals surface area (Å²) in [7, 11) is 0. The van der Waals surface area contributed by atoms with Crippen molar-refractivity contribution < 1.29 is 9.59 Å². The van der Waals surface area contributed by atoms with E-state index >= 15 is 0 Å². The van der Waals surface area contributed by atoms with E-state index in [1.807, 2.05) is 30.3 Å². The summed E-state index contributed by atoms with van der Waals surface area (Å²) in [6.45, 7) is 0.320. The molecule has 0 saturated heterocycles. The number of halogens is 2. The molecule has 1 aromatic carbocycles. The van der Waals surface area contributed by atoms with Gasteiger partial charge in [-0.15, -0.1) is 28.1 Å². The number of hydrogen-bond donors (Lipinski definition) is 2. The van der Waals surface area contributed by atoms with Gasteiger partial charge in [0, 0.05) is 24.7 Å². The zero-order valence-corrected chi connectivity index (χ0v) is 13.9. The molecule has 0 saturated carbocycles. The topological polar surface area (TPSA) is 90.9 Å². The van der Waals surface area contributed by atoms with Crippen LogP contribution in [0.3, 0.4) is 0 Å². The van der Waals surface area contributed by atoms with Crippen LogP contribution in [0.25, 0.3) is 0 Å². The molecule has 1 rings (SSSR count). The molecule has 0 aliphatic carbocycles. The molecule has 0 heterocycles. The highest BCUT2D eigenvalue weighted by Crippen LogP contribution is 2.10. The molecule has 1 atom stereocenters. The first-order valence-corrected chi connectivity index (χ1v) is 8.03. The van der Waals surface area contributed by atoms with Crippen LogP contribution in [0.2, 0.25) is 0 Å². The molecule has 0 spiro atoms. The third-order valence-electron chi connectivity index (χ3n) is 2.97. The zero-order chi connectivity index (χ0) is 17.1. The Morgan fingerprint density at radius 2 is 1.87 bits per heavy atom. The molecule has 23 heavy (non-hydrogen) atoms. The van der Waals surface area contributed by atoms with Gasteiger partial charge in [0.05, 0.1) is 11.8 Å². The van der Waals surface area contributed by atoms with Gasteiger partial charge in [-0.1, -0.05) is 30.3 Å². The minimum atomic E-state index is -0.935. The van der Waals surface area contributed by atoms with E-state index in [4.69, 9.17) is 23.2 Å². The number of nitrogens with one attached hydrogen (secondary N) is 2. The minimum absolute atomic E-state index is 0.0965. The van der Waals surface area contributed by atoms with E-state index in [-0.39, 0.29) is 31.3 Å². The first kappa shape index (κ1) is 19.2. The molecule has 3 amide bonds. The molecule has 1 aromatic rings. The van der Waals surface area contributed by atoms with Crippen LogP contribution in [0.5, 0.6) is 0 Å². The maximum absolute atomic E-state index is 12.3. The molecule has 7 nitrogen and oxygen atoms in total. The molecule has 9 heteroatoms. The van der Waals surface area contributed by atoms with Crippen molar-refractivity contribution in [2.24, 2.45) is 5.29 Å². The first-order valence-electron chi connectivity index (χ1n) is 6.96. The van der Waals surface area contributed by atoms with Gasteiger partial charge >= 0.3 is 6.03 Å². The fraction of sp³-hybridized carbons (Fsp3) is 0.429. The first-order chi connectivity index (χ1) is 11.1. The van der Waals surface area contributed by atoms with Crippen LogP contribution >= 0.6 is 23.2 Å². The lowest BCUT2D eigenvalue weighted by molar-refractivity contribution is -0.125. The number of nitroso groups, excluding NO2 is 1. The predicted octanol–water partition coefficient (Wildman–Crippen LogP) is 1.88. The highest BCUT2D eigenvalue weighted by Gasteiger charge is 2.27. The lowest BCUT2D eigenvalue weighted by Crippen LogP contribution is -2.51. The van der Waals surface area contributed by atoms with Gasteiger partial charge in [-0.05, 0) is 5.56 Å². The molecule has 0 aliphatic heterocycles. The van der Waals surface area contributed by atoms with Crippen molar-refractivity contribution in [3.8, 4) is 0 Å². The molecule has 2 N–H and O–H groups in total. The quantitative estimate of drug-likeness (QED) is 0.399. The van der Waals surface area contributed by atoms with E-state index < -0.39 is 18.0 Å². The van der Waals surface area contributed by atoms with Crippen molar-refractivity contribution in [2.45, 2.75) is 12.5 Å². The molecule has 0 radical (unpaired) electrons. The highest BCUT2D eigenvalue weighted by atomic mass is 35.5. The van der Waals surface area contributed by atoms with Crippen molar-refractivity contribution in [1.29, 1.82) is 0 Å². The van der Waals surface area contributed by atoms with Gasteiger partial charge in [0.1, 0.15) is 6.04 Å². The number of imide groups is 1. The standard InChI is InChI=1S/C14H18Cl2N4O3/c15-6-8-17-14(22)18-13(21)12(20(19-23)9-7-16)10-11-4-2-1-3-5-11/h1-5,12H,6-10H2,(H2,17,18,21,22). The van der Waals surface area contributed by atoms with Crippen molar-refractivity contribution in [3.05, 3.63) is 40.8 Å².